The van der Waals surface area contributed by atoms with E-state index in [9.17, 15) is 0 Å². The van der Waals surface area contributed by atoms with Crippen molar-refractivity contribution >= 4 is 0 Å². The van der Waals surface area contributed by atoms with Crippen molar-refractivity contribution in [3.63, 3.8) is 0 Å². The molecule has 0 aromatic rings. The van der Waals surface area contributed by atoms with Crippen LogP contribution < -0.4 is 5.32 Å². The largest absolute Gasteiger partial charge is 0.312 e. The molecule has 0 radical (unpaired) electrons. The van der Waals surface area contributed by atoms with E-state index in [2.05, 4.69) is 18.3 Å². The molecule has 2 rings (SSSR count). The van der Waals surface area contributed by atoms with Crippen molar-refractivity contribution in [1.29, 1.82) is 5.26 Å². The Hall–Kier alpha value is -0.550. The third-order valence-corrected chi connectivity index (χ3v) is 4.53. The fraction of sp³-hybridized carbons (Fsp3) is 0.929. The van der Waals surface area contributed by atoms with Gasteiger partial charge in [0, 0.05) is 12.6 Å². The summed E-state index contributed by atoms with van der Waals surface area (Å²) in [5, 5.41) is 12.7. The Kier molecular flexibility index (Phi) is 3.86. The maximum Gasteiger partial charge on any atom is 0.0672 e. The van der Waals surface area contributed by atoms with Crippen LogP contribution in [0.25, 0.3) is 0 Å². The molecule has 2 saturated carbocycles. The predicted molar refractivity (Wildman–Crippen MR) is 65.9 cm³/mol. The second kappa shape index (κ2) is 5.19. The Labute approximate surface area is 99.4 Å². The molecule has 2 fully saturated rings. The summed E-state index contributed by atoms with van der Waals surface area (Å²) in [6, 6.07) is 2.93. The number of nitrogens with zero attached hydrogens (tertiary/aromatic N) is 1. The van der Waals surface area contributed by atoms with Gasteiger partial charge in [-0.2, -0.15) is 5.26 Å². The summed E-state index contributed by atoms with van der Waals surface area (Å²) in [7, 11) is 0. The van der Waals surface area contributed by atoms with Gasteiger partial charge in [0.05, 0.1) is 12.0 Å². The highest BCUT2D eigenvalue weighted by molar-refractivity contribution is 4.97. The first-order chi connectivity index (χ1) is 7.73. The minimum Gasteiger partial charge on any atom is -0.312 e. The van der Waals surface area contributed by atoms with E-state index in [0.717, 1.165) is 13.0 Å². The van der Waals surface area contributed by atoms with E-state index in [1.165, 1.54) is 44.9 Å². The average molecular weight is 220 g/mol. The van der Waals surface area contributed by atoms with Crippen molar-refractivity contribution in [1.82, 2.24) is 5.32 Å². The van der Waals surface area contributed by atoms with Gasteiger partial charge in [0.2, 0.25) is 0 Å². The molecule has 0 spiro atoms. The molecule has 0 aromatic heterocycles. The quantitative estimate of drug-likeness (QED) is 0.792. The maximum absolute atomic E-state index is 9.05. The second-order valence-corrected chi connectivity index (χ2v) is 6.03. The Balaban J connectivity index is 1.80. The van der Waals surface area contributed by atoms with Crippen LogP contribution in [-0.4, -0.2) is 12.6 Å². The van der Waals surface area contributed by atoms with Gasteiger partial charge in [-0.05, 0) is 31.1 Å². The second-order valence-electron chi connectivity index (χ2n) is 6.03. The highest BCUT2D eigenvalue weighted by Crippen LogP contribution is 2.35. The summed E-state index contributed by atoms with van der Waals surface area (Å²) >= 11 is 0. The van der Waals surface area contributed by atoms with Crippen molar-refractivity contribution in [2.24, 2.45) is 11.3 Å². The summed E-state index contributed by atoms with van der Waals surface area (Å²) in [6.07, 6.45) is 10.5. The Bertz CT molecular complexity index is 260. The molecule has 0 aliphatic heterocycles. The summed E-state index contributed by atoms with van der Waals surface area (Å²) in [5.74, 6) is 0.271. The zero-order chi connectivity index (χ0) is 11.4. The van der Waals surface area contributed by atoms with E-state index >= 15 is 0 Å². The van der Waals surface area contributed by atoms with E-state index < -0.39 is 0 Å². The number of rotatable bonds is 3. The Morgan fingerprint density at radius 2 is 1.94 bits per heavy atom. The SMILES string of the molecule is CC1(CNC2CCCC2C#N)CCCCC1. The van der Waals surface area contributed by atoms with Gasteiger partial charge in [-0.1, -0.05) is 32.6 Å². The summed E-state index contributed by atoms with van der Waals surface area (Å²) in [6.45, 7) is 3.53. The van der Waals surface area contributed by atoms with Crippen LogP contribution in [0.1, 0.15) is 58.3 Å². The lowest BCUT2D eigenvalue weighted by Gasteiger charge is -2.35. The molecule has 2 aliphatic carbocycles. The van der Waals surface area contributed by atoms with Crippen molar-refractivity contribution in [3.8, 4) is 6.07 Å². The molecule has 0 heterocycles. The topological polar surface area (TPSA) is 35.8 Å². The zero-order valence-electron chi connectivity index (χ0n) is 10.5. The molecular formula is C14H24N2. The standard InChI is InChI=1S/C14H24N2/c1-14(8-3-2-4-9-14)11-16-13-7-5-6-12(13)10-15/h12-13,16H,2-9,11H2,1H3. The Morgan fingerprint density at radius 1 is 1.19 bits per heavy atom. The molecule has 0 aromatic carbocycles. The van der Waals surface area contributed by atoms with Gasteiger partial charge >= 0.3 is 0 Å². The number of nitriles is 1. The molecule has 0 amide bonds. The minimum absolute atomic E-state index is 0.271. The Morgan fingerprint density at radius 3 is 2.62 bits per heavy atom. The van der Waals surface area contributed by atoms with Gasteiger partial charge in [0.1, 0.15) is 0 Å². The third-order valence-electron chi connectivity index (χ3n) is 4.53. The van der Waals surface area contributed by atoms with Crippen LogP contribution in [0.15, 0.2) is 0 Å². The van der Waals surface area contributed by atoms with Crippen LogP contribution in [0, 0.1) is 22.7 Å². The first-order valence-corrected chi connectivity index (χ1v) is 6.87. The van der Waals surface area contributed by atoms with Gasteiger partial charge < -0.3 is 5.32 Å². The average Bonchev–Trinajstić information content (AvgIpc) is 2.75. The number of nitrogens with one attached hydrogen (secondary N) is 1. The highest BCUT2D eigenvalue weighted by Gasteiger charge is 2.31. The van der Waals surface area contributed by atoms with Crippen LogP contribution in [-0.2, 0) is 0 Å². The first-order valence-electron chi connectivity index (χ1n) is 6.87. The molecule has 2 heteroatoms. The molecule has 1 N–H and O–H groups in total. The van der Waals surface area contributed by atoms with Crippen LogP contribution in [0.3, 0.4) is 0 Å². The fourth-order valence-electron chi connectivity index (χ4n) is 3.32. The first kappa shape index (κ1) is 11.9. The van der Waals surface area contributed by atoms with Gasteiger partial charge in [0.25, 0.3) is 0 Å². The molecule has 0 saturated heterocycles. The van der Waals surface area contributed by atoms with E-state index in [4.69, 9.17) is 5.26 Å². The van der Waals surface area contributed by atoms with Crippen LogP contribution in [0.5, 0.6) is 0 Å². The van der Waals surface area contributed by atoms with E-state index in [0.29, 0.717) is 11.5 Å². The third kappa shape index (κ3) is 2.77. The zero-order valence-corrected chi connectivity index (χ0v) is 10.5. The van der Waals surface area contributed by atoms with Crippen LogP contribution in [0.4, 0.5) is 0 Å². The van der Waals surface area contributed by atoms with Crippen molar-refractivity contribution in [2.75, 3.05) is 6.54 Å². The summed E-state index contributed by atoms with van der Waals surface area (Å²) in [5.41, 5.74) is 0.501. The molecule has 0 bridgehead atoms. The minimum atomic E-state index is 0.271. The highest BCUT2D eigenvalue weighted by atomic mass is 14.9. The molecule has 2 unspecified atom stereocenters. The van der Waals surface area contributed by atoms with Gasteiger partial charge in [-0.15, -0.1) is 0 Å². The van der Waals surface area contributed by atoms with Gasteiger partial charge in [0.15, 0.2) is 0 Å². The molecule has 2 aliphatic rings. The lowest BCUT2D eigenvalue weighted by atomic mass is 9.75. The fourth-order valence-corrected chi connectivity index (χ4v) is 3.32. The van der Waals surface area contributed by atoms with Crippen molar-refractivity contribution in [2.45, 2.75) is 64.3 Å². The molecule has 2 atom stereocenters. The number of hydrogen-bond donors (Lipinski definition) is 1. The smallest absolute Gasteiger partial charge is 0.0672 e. The lowest BCUT2D eigenvalue weighted by Crippen LogP contribution is -2.40. The van der Waals surface area contributed by atoms with Gasteiger partial charge in [-0.25, -0.2) is 0 Å². The monoisotopic (exact) mass is 220 g/mol. The molecule has 16 heavy (non-hydrogen) atoms. The van der Waals surface area contributed by atoms with Crippen LogP contribution in [0.2, 0.25) is 0 Å². The maximum atomic E-state index is 9.05. The van der Waals surface area contributed by atoms with E-state index in [-0.39, 0.29) is 5.92 Å². The summed E-state index contributed by atoms with van der Waals surface area (Å²) < 4.78 is 0. The normalized spacial score (nSPS) is 33.5. The molecule has 90 valence electrons. The van der Waals surface area contributed by atoms with E-state index in [1.807, 2.05) is 0 Å². The van der Waals surface area contributed by atoms with Crippen molar-refractivity contribution in [3.05, 3.63) is 0 Å². The van der Waals surface area contributed by atoms with E-state index in [1.54, 1.807) is 0 Å². The predicted octanol–water partition coefficient (Wildman–Crippen LogP) is 3.24. The molecular weight excluding hydrogens is 196 g/mol. The lowest BCUT2D eigenvalue weighted by molar-refractivity contribution is 0.197. The summed E-state index contributed by atoms with van der Waals surface area (Å²) in [4.78, 5) is 0. The molecule has 2 nitrogen and oxygen atoms in total. The van der Waals surface area contributed by atoms with Gasteiger partial charge in [-0.3, -0.25) is 0 Å². The number of hydrogen-bond acceptors (Lipinski definition) is 2. The van der Waals surface area contributed by atoms with Crippen LogP contribution >= 0.6 is 0 Å². The van der Waals surface area contributed by atoms with Crippen molar-refractivity contribution < 1.29 is 0 Å².